The van der Waals surface area contributed by atoms with Gasteiger partial charge in [0.25, 0.3) is 11.8 Å². The molecule has 2 aliphatic heterocycles. The standard InChI is InChI=1S/C29H28N6O4S/c1-16-14-18(39-22-8-4-3-7-19(22)26(30)36)9-10-20(16)35-21-11-12-31-28-23(21)24(33-29(35)38)25(40-28)27(37)32-17-6-5-13-34(2)15-17/h3-4,7-12,14,17H,5-6,13,15H2,1-2H3,(H2,30,36)(H,32,37)(H,33,38)/t17-/m1/s1. The minimum absolute atomic E-state index is 0.0604. The van der Waals surface area contributed by atoms with Crippen LogP contribution in [0.15, 0.2) is 54.7 Å². The van der Waals surface area contributed by atoms with Crippen LogP contribution >= 0.6 is 11.3 Å². The number of hydrogen-bond donors (Lipinski definition) is 3. The summed E-state index contributed by atoms with van der Waals surface area (Å²) >= 11 is 1.28. The van der Waals surface area contributed by atoms with Gasteiger partial charge < -0.3 is 26.0 Å². The lowest BCUT2D eigenvalue weighted by Crippen LogP contribution is -2.46. The summed E-state index contributed by atoms with van der Waals surface area (Å²) in [5.41, 5.74) is 8.31. The van der Waals surface area contributed by atoms with Gasteiger partial charge in [-0.3, -0.25) is 14.5 Å². The number of aromatic nitrogens is 1. The van der Waals surface area contributed by atoms with Crippen molar-refractivity contribution in [3.8, 4) is 11.5 Å². The van der Waals surface area contributed by atoms with Crippen molar-refractivity contribution in [2.75, 3.05) is 30.4 Å². The van der Waals surface area contributed by atoms with Crippen LogP contribution in [0.5, 0.6) is 11.5 Å². The first-order valence-electron chi connectivity index (χ1n) is 13.0. The maximum atomic E-state index is 13.5. The van der Waals surface area contributed by atoms with Gasteiger partial charge in [0.15, 0.2) is 0 Å². The maximum absolute atomic E-state index is 13.5. The average Bonchev–Trinajstić information content (AvgIpc) is 3.29. The SMILES string of the molecule is Cc1cc(Oc2ccccc2C(N)=O)ccc1N1C(=O)Nc2c(C(=O)N[C@@H]3CCCN(C)C3)sc3nccc1c23. The van der Waals surface area contributed by atoms with Crippen molar-refractivity contribution in [3.05, 3.63) is 70.7 Å². The highest BCUT2D eigenvalue weighted by molar-refractivity contribution is 7.21. The van der Waals surface area contributed by atoms with Gasteiger partial charge in [-0.15, -0.1) is 11.3 Å². The van der Waals surface area contributed by atoms with E-state index in [-0.39, 0.29) is 23.5 Å². The summed E-state index contributed by atoms with van der Waals surface area (Å²) in [5, 5.41) is 6.83. The molecule has 1 atom stereocenters. The molecule has 0 saturated carbocycles. The highest BCUT2D eigenvalue weighted by Crippen LogP contribution is 2.46. The molecule has 0 spiro atoms. The molecule has 0 radical (unpaired) electrons. The number of anilines is 3. The second-order valence-electron chi connectivity index (χ2n) is 10.1. The Labute approximate surface area is 234 Å². The molecule has 2 aromatic heterocycles. The second kappa shape index (κ2) is 10.2. The molecule has 1 fully saturated rings. The summed E-state index contributed by atoms with van der Waals surface area (Å²) in [6, 6.07) is 13.5. The smallest absolute Gasteiger partial charge is 0.331 e. The van der Waals surface area contributed by atoms with Crippen molar-refractivity contribution in [1.29, 1.82) is 0 Å². The van der Waals surface area contributed by atoms with E-state index in [9.17, 15) is 14.4 Å². The number of amides is 4. The molecule has 40 heavy (non-hydrogen) atoms. The van der Waals surface area contributed by atoms with Gasteiger partial charge in [-0.2, -0.15) is 0 Å². The number of likely N-dealkylation sites (tertiary alicyclic amines) is 1. The number of rotatable bonds is 6. The number of carbonyl (C=O) groups excluding carboxylic acids is 3. The van der Waals surface area contributed by atoms with E-state index in [1.165, 1.54) is 11.3 Å². The third-order valence-electron chi connectivity index (χ3n) is 7.20. The zero-order valence-corrected chi connectivity index (χ0v) is 22.9. The Kier molecular flexibility index (Phi) is 6.60. The molecule has 204 valence electrons. The van der Waals surface area contributed by atoms with E-state index >= 15 is 0 Å². The van der Waals surface area contributed by atoms with Crippen molar-refractivity contribution in [2.45, 2.75) is 25.8 Å². The number of benzene rings is 2. The molecule has 4 N–H and O–H groups in total. The third-order valence-corrected chi connectivity index (χ3v) is 8.30. The molecule has 11 heteroatoms. The second-order valence-corrected chi connectivity index (χ2v) is 11.1. The van der Waals surface area contributed by atoms with Crippen LogP contribution in [0.25, 0.3) is 10.2 Å². The summed E-state index contributed by atoms with van der Waals surface area (Å²) in [4.78, 5) is 48.0. The van der Waals surface area contributed by atoms with Crippen LogP contribution in [0.4, 0.5) is 21.9 Å². The lowest BCUT2D eigenvalue weighted by atomic mass is 10.1. The summed E-state index contributed by atoms with van der Waals surface area (Å²) in [6.45, 7) is 3.69. The van der Waals surface area contributed by atoms with E-state index in [1.54, 1.807) is 59.6 Å². The minimum atomic E-state index is -0.582. The Morgan fingerprint density at radius 3 is 2.77 bits per heavy atom. The van der Waals surface area contributed by atoms with Gasteiger partial charge in [-0.1, -0.05) is 12.1 Å². The molecule has 4 heterocycles. The van der Waals surface area contributed by atoms with Crippen LogP contribution in [-0.2, 0) is 0 Å². The van der Waals surface area contributed by atoms with E-state index in [0.717, 1.165) is 36.9 Å². The molecule has 6 rings (SSSR count). The number of urea groups is 1. The van der Waals surface area contributed by atoms with Crippen LogP contribution in [-0.4, -0.2) is 53.9 Å². The zero-order chi connectivity index (χ0) is 28.0. The molecular weight excluding hydrogens is 528 g/mol. The number of hydrogen-bond acceptors (Lipinski definition) is 7. The van der Waals surface area contributed by atoms with E-state index in [0.29, 0.717) is 38.3 Å². The predicted molar refractivity (Wildman–Crippen MR) is 155 cm³/mol. The number of primary amides is 1. The third kappa shape index (κ3) is 4.63. The minimum Gasteiger partial charge on any atom is -0.457 e. The molecule has 1 saturated heterocycles. The molecule has 4 aromatic rings. The number of likely N-dealkylation sites (N-methyl/N-ethyl adjacent to an activating group) is 1. The summed E-state index contributed by atoms with van der Waals surface area (Å²) in [6.07, 6.45) is 3.60. The first kappa shape index (κ1) is 25.8. The lowest BCUT2D eigenvalue weighted by molar-refractivity contribution is 0.0916. The first-order valence-corrected chi connectivity index (χ1v) is 13.8. The van der Waals surface area contributed by atoms with Crippen LogP contribution < -0.4 is 26.0 Å². The Morgan fingerprint density at radius 1 is 1.18 bits per heavy atom. The number of ether oxygens (including phenoxy) is 1. The van der Waals surface area contributed by atoms with Gasteiger partial charge in [0.1, 0.15) is 21.2 Å². The number of para-hydroxylation sites is 1. The highest BCUT2D eigenvalue weighted by Gasteiger charge is 2.34. The van der Waals surface area contributed by atoms with Gasteiger partial charge in [-0.25, -0.2) is 9.78 Å². The predicted octanol–water partition coefficient (Wildman–Crippen LogP) is 5.00. The van der Waals surface area contributed by atoms with E-state index < -0.39 is 5.91 Å². The number of nitrogens with two attached hydrogens (primary N) is 1. The normalized spacial score (nSPS) is 17.0. The van der Waals surface area contributed by atoms with Gasteiger partial charge in [0.05, 0.1) is 28.0 Å². The summed E-state index contributed by atoms with van der Waals surface area (Å²) < 4.78 is 5.96. The fourth-order valence-corrected chi connectivity index (χ4v) is 6.37. The molecular formula is C29H28N6O4S. The summed E-state index contributed by atoms with van der Waals surface area (Å²) in [5.74, 6) is 0.0614. The topological polar surface area (TPSA) is 130 Å². The Hall–Kier alpha value is -4.48. The average molecular weight is 557 g/mol. The lowest BCUT2D eigenvalue weighted by Gasteiger charge is -2.31. The van der Waals surface area contributed by atoms with E-state index in [4.69, 9.17) is 10.5 Å². The van der Waals surface area contributed by atoms with Crippen LogP contribution in [0.3, 0.4) is 0 Å². The number of thiophene rings is 1. The Balaban J connectivity index is 1.32. The Bertz CT molecular complexity index is 1670. The zero-order valence-electron chi connectivity index (χ0n) is 22.1. The van der Waals surface area contributed by atoms with Crippen molar-refractivity contribution in [2.24, 2.45) is 5.73 Å². The van der Waals surface area contributed by atoms with Crippen molar-refractivity contribution in [1.82, 2.24) is 15.2 Å². The summed E-state index contributed by atoms with van der Waals surface area (Å²) in [7, 11) is 2.05. The molecule has 4 amide bonds. The van der Waals surface area contributed by atoms with E-state index in [2.05, 4.69) is 20.5 Å². The van der Waals surface area contributed by atoms with Crippen molar-refractivity contribution in [3.63, 3.8) is 0 Å². The highest BCUT2D eigenvalue weighted by atomic mass is 32.1. The van der Waals surface area contributed by atoms with Crippen LogP contribution in [0, 0.1) is 6.92 Å². The monoisotopic (exact) mass is 556 g/mol. The molecule has 2 aromatic carbocycles. The van der Waals surface area contributed by atoms with E-state index in [1.807, 2.05) is 14.0 Å². The maximum Gasteiger partial charge on any atom is 0.331 e. The quantitative estimate of drug-likeness (QED) is 0.306. The molecule has 0 aliphatic carbocycles. The van der Waals surface area contributed by atoms with Gasteiger partial charge >= 0.3 is 6.03 Å². The van der Waals surface area contributed by atoms with Crippen molar-refractivity contribution < 1.29 is 19.1 Å². The molecule has 10 nitrogen and oxygen atoms in total. The largest absolute Gasteiger partial charge is 0.457 e. The molecule has 0 unspecified atom stereocenters. The Morgan fingerprint density at radius 2 is 2.00 bits per heavy atom. The number of aryl methyl sites for hydroxylation is 1. The van der Waals surface area contributed by atoms with Gasteiger partial charge in [0.2, 0.25) is 0 Å². The number of nitrogens with one attached hydrogen (secondary N) is 2. The number of piperidine rings is 1. The van der Waals surface area contributed by atoms with Crippen LogP contribution in [0.2, 0.25) is 0 Å². The fraction of sp³-hybridized carbons (Fsp3) is 0.241. The molecule has 0 bridgehead atoms. The number of nitrogens with zero attached hydrogens (tertiary/aromatic N) is 3. The van der Waals surface area contributed by atoms with Gasteiger partial charge in [0, 0.05) is 18.8 Å². The van der Waals surface area contributed by atoms with Crippen molar-refractivity contribution >= 4 is 56.5 Å². The van der Waals surface area contributed by atoms with Crippen LogP contribution in [0.1, 0.15) is 38.4 Å². The number of pyridine rings is 1. The van der Waals surface area contributed by atoms with Gasteiger partial charge in [-0.05, 0) is 75.3 Å². The fourth-order valence-electron chi connectivity index (χ4n) is 5.35. The molecule has 2 aliphatic rings. The number of carbonyl (C=O) groups is 3. The first-order chi connectivity index (χ1) is 19.3.